The normalized spacial score (nSPS) is 49.2. The van der Waals surface area contributed by atoms with Crippen LogP contribution in [0, 0.1) is 0 Å². The molecule has 4 nitrogen and oxygen atoms in total. The molecule has 0 aromatic heterocycles. The van der Waals surface area contributed by atoms with E-state index in [0.717, 1.165) is 0 Å². The number of aliphatic hydroxyl groups is 3. The molecular formula is C6H10F2O4. The molecule has 0 aromatic rings. The van der Waals surface area contributed by atoms with Crippen molar-refractivity contribution in [1.82, 2.24) is 0 Å². The van der Waals surface area contributed by atoms with Gasteiger partial charge >= 0.3 is 0 Å². The Labute approximate surface area is 67.4 Å². The van der Waals surface area contributed by atoms with Gasteiger partial charge in [-0.2, -0.15) is 0 Å². The highest BCUT2D eigenvalue weighted by Gasteiger charge is 2.44. The topological polar surface area (TPSA) is 69.9 Å². The van der Waals surface area contributed by atoms with Crippen molar-refractivity contribution in [3.63, 3.8) is 0 Å². The summed E-state index contributed by atoms with van der Waals surface area (Å²) in [5.41, 5.74) is 0. The lowest BCUT2D eigenvalue weighted by molar-refractivity contribution is -0.271. The zero-order valence-corrected chi connectivity index (χ0v) is 6.10. The highest BCUT2D eigenvalue weighted by Crippen LogP contribution is 2.22. The lowest BCUT2D eigenvalue weighted by Crippen LogP contribution is -2.56. The standard InChI is InChI=1S/C6H10F2O4/c7-1-2-3(8)4(9)5(10)6(11)12-2/h2-6,9-11H,1H2/t2-,3+,4+,5-,6-/m1/s1. The van der Waals surface area contributed by atoms with Crippen LogP contribution in [0.1, 0.15) is 0 Å². The maximum absolute atomic E-state index is 12.8. The highest BCUT2D eigenvalue weighted by molar-refractivity contribution is 4.88. The van der Waals surface area contributed by atoms with Gasteiger partial charge in [0.25, 0.3) is 0 Å². The lowest BCUT2D eigenvalue weighted by Gasteiger charge is -2.35. The Bertz CT molecular complexity index is 152. The van der Waals surface area contributed by atoms with E-state index in [1.165, 1.54) is 0 Å². The Morgan fingerprint density at radius 3 is 2.25 bits per heavy atom. The third-order valence-corrected chi connectivity index (χ3v) is 1.79. The highest BCUT2D eigenvalue weighted by atomic mass is 19.1. The van der Waals surface area contributed by atoms with Crippen molar-refractivity contribution in [1.29, 1.82) is 0 Å². The molecule has 0 aliphatic carbocycles. The van der Waals surface area contributed by atoms with E-state index in [4.69, 9.17) is 15.3 Å². The third kappa shape index (κ3) is 1.56. The van der Waals surface area contributed by atoms with Crippen molar-refractivity contribution in [2.45, 2.75) is 30.8 Å². The van der Waals surface area contributed by atoms with E-state index in [0.29, 0.717) is 0 Å². The number of alkyl halides is 2. The van der Waals surface area contributed by atoms with Crippen LogP contribution in [0.2, 0.25) is 0 Å². The number of hydrogen-bond acceptors (Lipinski definition) is 4. The average molecular weight is 184 g/mol. The quantitative estimate of drug-likeness (QED) is 0.475. The molecule has 0 unspecified atom stereocenters. The van der Waals surface area contributed by atoms with Gasteiger partial charge < -0.3 is 20.1 Å². The molecule has 12 heavy (non-hydrogen) atoms. The number of hydrogen-bond donors (Lipinski definition) is 3. The minimum Gasteiger partial charge on any atom is -0.387 e. The number of aliphatic hydroxyl groups excluding tert-OH is 3. The summed E-state index contributed by atoms with van der Waals surface area (Å²) >= 11 is 0. The molecule has 1 saturated heterocycles. The first-order chi connectivity index (χ1) is 5.57. The fourth-order valence-electron chi connectivity index (χ4n) is 1.03. The first-order valence-corrected chi connectivity index (χ1v) is 3.47. The molecule has 0 saturated carbocycles. The van der Waals surface area contributed by atoms with Gasteiger partial charge in [-0.3, -0.25) is 0 Å². The largest absolute Gasteiger partial charge is 0.387 e. The molecule has 0 radical (unpaired) electrons. The molecule has 0 amide bonds. The Kier molecular flexibility index (Phi) is 2.94. The minimum atomic E-state index is -2.01. The van der Waals surface area contributed by atoms with E-state index in [1.807, 2.05) is 0 Å². The molecule has 0 spiro atoms. The van der Waals surface area contributed by atoms with Crippen molar-refractivity contribution in [2.24, 2.45) is 0 Å². The van der Waals surface area contributed by atoms with Gasteiger partial charge in [-0.15, -0.1) is 0 Å². The number of rotatable bonds is 1. The summed E-state index contributed by atoms with van der Waals surface area (Å²) in [6.45, 7) is -1.15. The van der Waals surface area contributed by atoms with Crippen molar-refractivity contribution in [2.75, 3.05) is 6.67 Å². The molecule has 6 heteroatoms. The van der Waals surface area contributed by atoms with Crippen molar-refractivity contribution in [3.8, 4) is 0 Å². The van der Waals surface area contributed by atoms with Gasteiger partial charge in [0.05, 0.1) is 0 Å². The monoisotopic (exact) mass is 184 g/mol. The van der Waals surface area contributed by atoms with Gasteiger partial charge in [0.15, 0.2) is 12.5 Å². The van der Waals surface area contributed by atoms with Crippen molar-refractivity contribution < 1.29 is 28.8 Å². The maximum atomic E-state index is 12.8. The van der Waals surface area contributed by atoms with E-state index in [-0.39, 0.29) is 0 Å². The van der Waals surface area contributed by atoms with Gasteiger partial charge in [-0.1, -0.05) is 0 Å². The van der Waals surface area contributed by atoms with Crippen LogP contribution < -0.4 is 0 Å². The summed E-state index contributed by atoms with van der Waals surface area (Å²) in [7, 11) is 0. The van der Waals surface area contributed by atoms with Crippen molar-refractivity contribution in [3.05, 3.63) is 0 Å². The SMILES string of the molecule is O[C@@H]1[C@@H](O)[C@H](O)O[C@H](CF)[C@@H]1F. The second-order valence-electron chi connectivity index (χ2n) is 2.65. The second-order valence-corrected chi connectivity index (χ2v) is 2.65. The van der Waals surface area contributed by atoms with Crippen LogP contribution in [-0.4, -0.2) is 52.8 Å². The van der Waals surface area contributed by atoms with E-state index in [2.05, 4.69) is 4.74 Å². The average Bonchev–Trinajstić information content (AvgIpc) is 2.08. The summed E-state index contributed by atoms with van der Waals surface area (Å²) < 4.78 is 29.0. The van der Waals surface area contributed by atoms with Crippen LogP contribution in [0.15, 0.2) is 0 Å². The molecule has 1 aliphatic rings. The Morgan fingerprint density at radius 2 is 1.75 bits per heavy atom. The summed E-state index contributed by atoms with van der Waals surface area (Å²) in [5.74, 6) is 0. The van der Waals surface area contributed by atoms with Crippen LogP contribution in [0.25, 0.3) is 0 Å². The van der Waals surface area contributed by atoms with Gasteiger partial charge in [-0.25, -0.2) is 8.78 Å². The zero-order chi connectivity index (χ0) is 9.30. The first-order valence-electron chi connectivity index (χ1n) is 3.47. The van der Waals surface area contributed by atoms with E-state index in [9.17, 15) is 8.78 Å². The van der Waals surface area contributed by atoms with Gasteiger partial charge in [0.2, 0.25) is 0 Å². The van der Waals surface area contributed by atoms with E-state index in [1.54, 1.807) is 0 Å². The minimum absolute atomic E-state index is 1.15. The lowest BCUT2D eigenvalue weighted by atomic mass is 10.0. The molecule has 3 N–H and O–H groups in total. The summed E-state index contributed by atoms with van der Waals surface area (Å²) in [5, 5.41) is 26.5. The smallest absolute Gasteiger partial charge is 0.184 e. The Morgan fingerprint density at radius 1 is 1.17 bits per heavy atom. The van der Waals surface area contributed by atoms with Crippen LogP contribution in [-0.2, 0) is 4.74 Å². The van der Waals surface area contributed by atoms with E-state index < -0.39 is 37.4 Å². The molecule has 1 heterocycles. The molecule has 1 aliphatic heterocycles. The molecular weight excluding hydrogens is 174 g/mol. The Hall–Kier alpha value is -0.300. The van der Waals surface area contributed by atoms with Gasteiger partial charge in [0, 0.05) is 0 Å². The third-order valence-electron chi connectivity index (χ3n) is 1.79. The first kappa shape index (κ1) is 9.79. The Balaban J connectivity index is 2.63. The van der Waals surface area contributed by atoms with Gasteiger partial charge in [-0.05, 0) is 0 Å². The summed E-state index contributed by atoms with van der Waals surface area (Å²) in [4.78, 5) is 0. The number of ether oxygens (including phenoxy) is 1. The summed E-state index contributed by atoms with van der Waals surface area (Å²) in [6.07, 6.45) is -8.75. The summed E-state index contributed by atoms with van der Waals surface area (Å²) in [6, 6.07) is 0. The predicted molar refractivity (Wildman–Crippen MR) is 33.8 cm³/mol. The molecule has 0 bridgehead atoms. The number of halogens is 2. The molecule has 72 valence electrons. The fourth-order valence-corrected chi connectivity index (χ4v) is 1.03. The fraction of sp³-hybridized carbons (Fsp3) is 1.00. The molecule has 1 fully saturated rings. The van der Waals surface area contributed by atoms with Gasteiger partial charge in [0.1, 0.15) is 25.0 Å². The predicted octanol–water partition coefficient (Wildman–Crippen LogP) is -1.27. The zero-order valence-electron chi connectivity index (χ0n) is 6.10. The maximum Gasteiger partial charge on any atom is 0.184 e. The molecule has 1 rings (SSSR count). The van der Waals surface area contributed by atoms with E-state index >= 15 is 0 Å². The van der Waals surface area contributed by atoms with Crippen LogP contribution in [0.3, 0.4) is 0 Å². The molecule has 5 atom stereocenters. The van der Waals surface area contributed by atoms with Crippen molar-refractivity contribution >= 4 is 0 Å². The second kappa shape index (κ2) is 3.61. The van der Waals surface area contributed by atoms with Crippen LogP contribution >= 0.6 is 0 Å². The molecule has 0 aromatic carbocycles. The van der Waals surface area contributed by atoms with Crippen LogP contribution in [0.5, 0.6) is 0 Å². The van der Waals surface area contributed by atoms with Crippen LogP contribution in [0.4, 0.5) is 8.78 Å².